The molecule has 2 heteroatoms. The topological polar surface area (TPSA) is 35.8 Å². The molecule has 0 atom stereocenters. The number of nitrogens with zero attached hydrogens (tertiary/aromatic N) is 1. The van der Waals surface area contributed by atoms with Crippen LogP contribution >= 0.6 is 0 Å². The van der Waals surface area contributed by atoms with E-state index >= 15 is 0 Å². The molecular formula is C14H18N2. The summed E-state index contributed by atoms with van der Waals surface area (Å²) in [7, 11) is 0. The number of rotatable bonds is 4. The SMILES string of the molecule is Cc1cc(C#N)ccc1CNCC1CCC1. The van der Waals surface area contributed by atoms with Crippen LogP contribution < -0.4 is 5.32 Å². The average Bonchev–Trinajstić information content (AvgIpc) is 2.23. The molecule has 0 radical (unpaired) electrons. The highest BCUT2D eigenvalue weighted by Crippen LogP contribution is 2.25. The molecule has 16 heavy (non-hydrogen) atoms. The number of hydrogen-bond acceptors (Lipinski definition) is 2. The van der Waals surface area contributed by atoms with Crippen molar-refractivity contribution in [1.29, 1.82) is 5.26 Å². The lowest BCUT2D eigenvalue weighted by atomic mass is 9.85. The molecule has 0 saturated heterocycles. The highest BCUT2D eigenvalue weighted by Gasteiger charge is 2.16. The molecule has 84 valence electrons. The van der Waals surface area contributed by atoms with E-state index in [0.29, 0.717) is 0 Å². The van der Waals surface area contributed by atoms with Crippen molar-refractivity contribution >= 4 is 0 Å². The van der Waals surface area contributed by atoms with E-state index in [4.69, 9.17) is 5.26 Å². The van der Waals surface area contributed by atoms with E-state index in [1.807, 2.05) is 12.1 Å². The molecule has 0 amide bonds. The summed E-state index contributed by atoms with van der Waals surface area (Å²) in [5.41, 5.74) is 3.26. The van der Waals surface area contributed by atoms with E-state index in [0.717, 1.165) is 24.6 Å². The van der Waals surface area contributed by atoms with E-state index in [9.17, 15) is 0 Å². The van der Waals surface area contributed by atoms with Crippen LogP contribution in [0.2, 0.25) is 0 Å². The minimum Gasteiger partial charge on any atom is -0.312 e. The molecule has 1 N–H and O–H groups in total. The van der Waals surface area contributed by atoms with Gasteiger partial charge in [-0.25, -0.2) is 0 Å². The first-order valence-corrected chi connectivity index (χ1v) is 6.00. The quantitative estimate of drug-likeness (QED) is 0.836. The molecule has 1 aliphatic rings. The highest BCUT2D eigenvalue weighted by atomic mass is 14.9. The van der Waals surface area contributed by atoms with Crippen molar-refractivity contribution in [2.45, 2.75) is 32.7 Å². The number of hydrogen-bond donors (Lipinski definition) is 1. The Labute approximate surface area is 97.3 Å². The van der Waals surface area contributed by atoms with E-state index in [1.54, 1.807) is 0 Å². The van der Waals surface area contributed by atoms with Crippen molar-refractivity contribution in [3.05, 3.63) is 34.9 Å². The van der Waals surface area contributed by atoms with Crippen molar-refractivity contribution in [3.8, 4) is 6.07 Å². The predicted octanol–water partition coefficient (Wildman–Crippen LogP) is 2.76. The molecule has 2 nitrogen and oxygen atoms in total. The van der Waals surface area contributed by atoms with Crippen LogP contribution in [-0.4, -0.2) is 6.54 Å². The second-order valence-electron chi connectivity index (χ2n) is 4.68. The van der Waals surface area contributed by atoms with E-state index in [-0.39, 0.29) is 0 Å². The van der Waals surface area contributed by atoms with Crippen LogP contribution in [-0.2, 0) is 6.54 Å². The van der Waals surface area contributed by atoms with Gasteiger partial charge in [0.2, 0.25) is 0 Å². The Bertz CT molecular complexity index is 400. The van der Waals surface area contributed by atoms with Gasteiger partial charge in [0, 0.05) is 6.54 Å². The zero-order valence-electron chi connectivity index (χ0n) is 9.79. The molecule has 0 heterocycles. The lowest BCUT2D eigenvalue weighted by Crippen LogP contribution is -2.27. The lowest BCUT2D eigenvalue weighted by molar-refractivity contribution is 0.301. The lowest BCUT2D eigenvalue weighted by Gasteiger charge is -2.25. The molecule has 2 rings (SSSR count). The van der Waals surface area contributed by atoms with Gasteiger partial charge in [0.25, 0.3) is 0 Å². The van der Waals surface area contributed by atoms with E-state index < -0.39 is 0 Å². The van der Waals surface area contributed by atoms with Crippen LogP contribution in [0.25, 0.3) is 0 Å². The third-order valence-corrected chi connectivity index (χ3v) is 3.44. The Morgan fingerprint density at radius 1 is 1.44 bits per heavy atom. The maximum absolute atomic E-state index is 8.78. The van der Waals surface area contributed by atoms with Gasteiger partial charge in [0.1, 0.15) is 0 Å². The Morgan fingerprint density at radius 2 is 2.25 bits per heavy atom. The summed E-state index contributed by atoms with van der Waals surface area (Å²) < 4.78 is 0. The number of aryl methyl sites for hydroxylation is 1. The Kier molecular flexibility index (Phi) is 3.58. The largest absolute Gasteiger partial charge is 0.312 e. The van der Waals surface area contributed by atoms with Crippen LogP contribution in [0.15, 0.2) is 18.2 Å². The smallest absolute Gasteiger partial charge is 0.0991 e. The standard InChI is InChI=1S/C14H18N2/c1-11-7-13(8-15)5-6-14(11)10-16-9-12-3-2-4-12/h5-7,12,16H,2-4,9-10H2,1H3. The third-order valence-electron chi connectivity index (χ3n) is 3.44. The van der Waals surface area contributed by atoms with Crippen molar-refractivity contribution in [2.24, 2.45) is 5.92 Å². The van der Waals surface area contributed by atoms with Gasteiger partial charge in [0.05, 0.1) is 11.6 Å². The van der Waals surface area contributed by atoms with Crippen molar-refractivity contribution in [2.75, 3.05) is 6.54 Å². The van der Waals surface area contributed by atoms with Crippen LogP contribution in [0.1, 0.15) is 36.0 Å². The Balaban J connectivity index is 1.86. The number of nitrogens with one attached hydrogen (secondary N) is 1. The van der Waals surface area contributed by atoms with Crippen LogP contribution in [0, 0.1) is 24.2 Å². The van der Waals surface area contributed by atoms with E-state index in [2.05, 4.69) is 24.4 Å². The summed E-state index contributed by atoms with van der Waals surface area (Å²) in [4.78, 5) is 0. The van der Waals surface area contributed by atoms with Crippen molar-refractivity contribution in [3.63, 3.8) is 0 Å². The summed E-state index contributed by atoms with van der Waals surface area (Å²) >= 11 is 0. The van der Waals surface area contributed by atoms with Gasteiger partial charge in [-0.1, -0.05) is 12.5 Å². The van der Waals surface area contributed by atoms with E-state index in [1.165, 1.54) is 30.4 Å². The summed E-state index contributed by atoms with van der Waals surface area (Å²) in [5.74, 6) is 0.902. The minimum absolute atomic E-state index is 0.750. The van der Waals surface area contributed by atoms with Gasteiger partial charge >= 0.3 is 0 Å². The molecule has 0 bridgehead atoms. The summed E-state index contributed by atoms with van der Waals surface area (Å²) in [6, 6.07) is 8.08. The van der Waals surface area contributed by atoms with Gasteiger partial charge in [-0.3, -0.25) is 0 Å². The van der Waals surface area contributed by atoms with Crippen molar-refractivity contribution < 1.29 is 0 Å². The maximum atomic E-state index is 8.78. The first-order chi connectivity index (χ1) is 7.79. The van der Waals surface area contributed by atoms with Crippen molar-refractivity contribution in [1.82, 2.24) is 5.32 Å². The summed E-state index contributed by atoms with van der Waals surface area (Å²) in [6.45, 7) is 4.13. The first kappa shape index (κ1) is 11.2. The monoisotopic (exact) mass is 214 g/mol. The predicted molar refractivity (Wildman–Crippen MR) is 64.9 cm³/mol. The van der Waals surface area contributed by atoms with Crippen LogP contribution in [0.5, 0.6) is 0 Å². The zero-order chi connectivity index (χ0) is 11.4. The van der Waals surface area contributed by atoms with Crippen LogP contribution in [0.4, 0.5) is 0 Å². The van der Waals surface area contributed by atoms with Gasteiger partial charge < -0.3 is 5.32 Å². The van der Waals surface area contributed by atoms with Gasteiger partial charge in [-0.05, 0) is 55.5 Å². The molecular weight excluding hydrogens is 196 g/mol. The molecule has 1 aromatic carbocycles. The Morgan fingerprint density at radius 3 is 2.81 bits per heavy atom. The van der Waals surface area contributed by atoms with Gasteiger partial charge in [-0.15, -0.1) is 0 Å². The number of nitriles is 1. The molecule has 1 aliphatic carbocycles. The average molecular weight is 214 g/mol. The zero-order valence-corrected chi connectivity index (χ0v) is 9.79. The second kappa shape index (κ2) is 5.14. The normalized spacial score (nSPS) is 15.5. The molecule has 1 saturated carbocycles. The Hall–Kier alpha value is -1.33. The third kappa shape index (κ3) is 2.62. The molecule has 0 spiro atoms. The fourth-order valence-corrected chi connectivity index (χ4v) is 2.07. The van der Waals surface area contributed by atoms with Gasteiger partial charge in [0.15, 0.2) is 0 Å². The molecule has 1 fully saturated rings. The second-order valence-corrected chi connectivity index (χ2v) is 4.68. The summed E-state index contributed by atoms with van der Waals surface area (Å²) in [5, 5.41) is 12.3. The molecule has 0 aliphatic heterocycles. The number of benzene rings is 1. The fraction of sp³-hybridized carbons (Fsp3) is 0.500. The van der Waals surface area contributed by atoms with Crippen LogP contribution in [0.3, 0.4) is 0 Å². The first-order valence-electron chi connectivity index (χ1n) is 6.00. The molecule has 1 aromatic rings. The summed E-state index contributed by atoms with van der Waals surface area (Å²) in [6.07, 6.45) is 4.18. The minimum atomic E-state index is 0.750. The maximum Gasteiger partial charge on any atom is 0.0991 e. The highest BCUT2D eigenvalue weighted by molar-refractivity contribution is 5.37. The molecule has 0 aromatic heterocycles. The fourth-order valence-electron chi connectivity index (χ4n) is 2.07. The molecule has 0 unspecified atom stereocenters. The van der Waals surface area contributed by atoms with Gasteiger partial charge in [-0.2, -0.15) is 5.26 Å².